The molecule has 0 saturated heterocycles. The number of aryl methyl sites for hydroxylation is 1. The minimum Gasteiger partial charge on any atom is -0.461 e. The molecule has 0 unspecified atom stereocenters. The van der Waals surface area contributed by atoms with E-state index in [0.717, 1.165) is 22.0 Å². The Morgan fingerprint density at radius 1 is 1.16 bits per heavy atom. The lowest BCUT2D eigenvalue weighted by atomic mass is 10.0. The summed E-state index contributed by atoms with van der Waals surface area (Å²) < 4.78 is 5.20. The number of carbonyl (C=O) groups excluding carboxylic acids is 4. The number of amides is 2. The summed E-state index contributed by atoms with van der Waals surface area (Å²) >= 11 is 0. The third kappa shape index (κ3) is 7.04. The number of nitrogens with one attached hydrogen (secondary N) is 4. The van der Waals surface area contributed by atoms with Gasteiger partial charge in [0.1, 0.15) is 12.1 Å². The molecule has 0 saturated carbocycles. The van der Waals surface area contributed by atoms with Crippen LogP contribution in [0, 0.1) is 12.3 Å². The minimum atomic E-state index is -1.07. The highest BCUT2D eigenvalue weighted by molar-refractivity contribution is 6.26. The summed E-state index contributed by atoms with van der Waals surface area (Å²) in [6, 6.07) is 3.91. The SMILES string of the molecule is CC(=O)N[C@@H](Cc1c[nH]c2ccc(C)cc12)C(=O)N[C@@H](CCC(=O)C=N)C(=O)OC(C)C. The Labute approximate surface area is 186 Å². The number of ether oxygens (including phenoxy) is 1. The van der Waals surface area contributed by atoms with Gasteiger partial charge in [0.05, 0.1) is 12.3 Å². The van der Waals surface area contributed by atoms with Gasteiger partial charge in [0.25, 0.3) is 0 Å². The number of carbonyl (C=O) groups is 4. The molecule has 172 valence electrons. The maximum Gasteiger partial charge on any atom is 0.328 e. The average molecular weight is 443 g/mol. The average Bonchev–Trinajstić information content (AvgIpc) is 3.11. The molecule has 32 heavy (non-hydrogen) atoms. The number of aromatic nitrogens is 1. The fraction of sp³-hybridized carbons (Fsp3) is 0.435. The van der Waals surface area contributed by atoms with Crippen LogP contribution in [0.2, 0.25) is 0 Å². The highest BCUT2D eigenvalue weighted by Gasteiger charge is 2.28. The van der Waals surface area contributed by atoms with Crippen molar-refractivity contribution in [2.24, 2.45) is 0 Å². The van der Waals surface area contributed by atoms with Gasteiger partial charge in [-0.3, -0.25) is 14.4 Å². The van der Waals surface area contributed by atoms with Crippen molar-refractivity contribution in [3.05, 3.63) is 35.5 Å². The number of ketones is 1. The van der Waals surface area contributed by atoms with Gasteiger partial charge in [-0.2, -0.15) is 0 Å². The van der Waals surface area contributed by atoms with Crippen molar-refractivity contribution in [1.82, 2.24) is 15.6 Å². The molecular formula is C23H30N4O5. The van der Waals surface area contributed by atoms with Crippen LogP contribution < -0.4 is 10.6 Å². The summed E-state index contributed by atoms with van der Waals surface area (Å²) in [5, 5.41) is 13.2. The Bertz CT molecular complexity index is 1010. The third-order valence-corrected chi connectivity index (χ3v) is 4.83. The fourth-order valence-electron chi connectivity index (χ4n) is 3.33. The molecule has 9 nitrogen and oxygen atoms in total. The molecule has 9 heteroatoms. The van der Waals surface area contributed by atoms with Crippen LogP contribution in [0.5, 0.6) is 0 Å². The van der Waals surface area contributed by atoms with Gasteiger partial charge >= 0.3 is 5.97 Å². The van der Waals surface area contributed by atoms with Gasteiger partial charge in [-0.15, -0.1) is 0 Å². The van der Waals surface area contributed by atoms with E-state index in [4.69, 9.17) is 10.1 Å². The zero-order chi connectivity index (χ0) is 23.8. The number of fused-ring (bicyclic) bond motifs is 1. The summed E-state index contributed by atoms with van der Waals surface area (Å²) in [5.41, 5.74) is 2.82. The minimum absolute atomic E-state index is 0.00935. The maximum absolute atomic E-state index is 13.0. The lowest BCUT2D eigenvalue weighted by Gasteiger charge is -2.23. The molecule has 0 aliphatic rings. The topological polar surface area (TPSA) is 141 Å². The van der Waals surface area contributed by atoms with Crippen molar-refractivity contribution in [3.8, 4) is 0 Å². The summed E-state index contributed by atoms with van der Waals surface area (Å²) in [4.78, 5) is 52.0. The molecule has 4 N–H and O–H groups in total. The molecule has 2 aromatic rings. The van der Waals surface area contributed by atoms with Gasteiger partial charge in [-0.05, 0) is 44.9 Å². The normalized spacial score (nSPS) is 12.8. The highest BCUT2D eigenvalue weighted by atomic mass is 16.5. The molecule has 1 heterocycles. The van der Waals surface area contributed by atoms with Gasteiger partial charge < -0.3 is 25.8 Å². The Hall–Kier alpha value is -3.49. The number of rotatable bonds is 11. The second kappa shape index (κ2) is 11.2. The first-order chi connectivity index (χ1) is 15.1. The summed E-state index contributed by atoms with van der Waals surface area (Å²) in [5.74, 6) is -2.08. The Kier molecular flexibility index (Phi) is 8.69. The first-order valence-corrected chi connectivity index (χ1v) is 10.5. The van der Waals surface area contributed by atoms with E-state index in [0.29, 0.717) is 6.21 Å². The zero-order valence-corrected chi connectivity index (χ0v) is 18.8. The van der Waals surface area contributed by atoms with Crippen LogP contribution in [0.15, 0.2) is 24.4 Å². The van der Waals surface area contributed by atoms with Crippen molar-refractivity contribution < 1.29 is 23.9 Å². The van der Waals surface area contributed by atoms with Crippen molar-refractivity contribution in [1.29, 1.82) is 5.41 Å². The molecule has 0 fully saturated rings. The van der Waals surface area contributed by atoms with Crippen LogP contribution in [-0.2, 0) is 30.3 Å². The Morgan fingerprint density at radius 2 is 1.88 bits per heavy atom. The standard InChI is InChI=1S/C23H30N4O5/c1-13(2)32-23(31)20(8-6-17(29)11-24)27-22(30)21(26-15(4)28)10-16-12-25-19-7-5-14(3)9-18(16)19/h5,7,9,11-13,20-21,24-25H,6,8,10H2,1-4H3,(H,26,28)(H,27,30)/t20-,21-/m0/s1. The molecule has 2 amide bonds. The molecule has 0 aliphatic heterocycles. The van der Waals surface area contributed by atoms with E-state index < -0.39 is 35.8 Å². The largest absolute Gasteiger partial charge is 0.461 e. The van der Waals surface area contributed by atoms with Crippen LogP contribution in [0.25, 0.3) is 10.9 Å². The predicted molar refractivity (Wildman–Crippen MR) is 121 cm³/mol. The van der Waals surface area contributed by atoms with E-state index in [1.807, 2.05) is 25.1 Å². The number of esters is 1. The molecule has 2 atom stereocenters. The molecule has 0 radical (unpaired) electrons. The first kappa shape index (κ1) is 24.8. The zero-order valence-electron chi connectivity index (χ0n) is 18.8. The molecular weight excluding hydrogens is 412 g/mol. The molecule has 1 aromatic carbocycles. The smallest absolute Gasteiger partial charge is 0.328 e. The van der Waals surface area contributed by atoms with Crippen molar-refractivity contribution in [2.75, 3.05) is 0 Å². The van der Waals surface area contributed by atoms with E-state index in [9.17, 15) is 19.2 Å². The van der Waals surface area contributed by atoms with Gasteiger partial charge in [-0.1, -0.05) is 11.6 Å². The summed E-state index contributed by atoms with van der Waals surface area (Å²) in [6.45, 7) is 6.64. The van der Waals surface area contributed by atoms with E-state index in [1.54, 1.807) is 20.0 Å². The molecule has 0 aliphatic carbocycles. The number of aromatic amines is 1. The number of Topliss-reactive ketones (excluding diaryl/α,β-unsaturated/α-hetero) is 1. The number of hydrogen-bond acceptors (Lipinski definition) is 6. The van der Waals surface area contributed by atoms with Crippen molar-refractivity contribution >= 4 is 40.7 Å². The van der Waals surface area contributed by atoms with E-state index in [-0.39, 0.29) is 25.2 Å². The number of hydrogen-bond donors (Lipinski definition) is 4. The fourth-order valence-corrected chi connectivity index (χ4v) is 3.33. The van der Waals surface area contributed by atoms with Gasteiger partial charge in [-0.25, -0.2) is 4.79 Å². The predicted octanol–water partition coefficient (Wildman–Crippen LogP) is 1.96. The van der Waals surface area contributed by atoms with Crippen molar-refractivity contribution in [3.63, 3.8) is 0 Å². The second-order valence-electron chi connectivity index (χ2n) is 8.02. The van der Waals surface area contributed by atoms with Crippen LogP contribution in [0.3, 0.4) is 0 Å². The van der Waals surface area contributed by atoms with Gasteiger partial charge in [0.2, 0.25) is 11.8 Å². The lowest BCUT2D eigenvalue weighted by Crippen LogP contribution is -2.52. The van der Waals surface area contributed by atoms with Crippen LogP contribution in [0.1, 0.15) is 44.7 Å². The first-order valence-electron chi connectivity index (χ1n) is 10.5. The third-order valence-electron chi connectivity index (χ3n) is 4.83. The van der Waals surface area contributed by atoms with Crippen LogP contribution in [0.4, 0.5) is 0 Å². The monoisotopic (exact) mass is 442 g/mol. The Balaban J connectivity index is 2.23. The Morgan fingerprint density at radius 3 is 2.50 bits per heavy atom. The van der Waals surface area contributed by atoms with Gasteiger partial charge in [0, 0.05) is 36.9 Å². The molecule has 1 aromatic heterocycles. The van der Waals surface area contributed by atoms with E-state index >= 15 is 0 Å². The highest BCUT2D eigenvalue weighted by Crippen LogP contribution is 2.21. The van der Waals surface area contributed by atoms with Crippen molar-refractivity contribution in [2.45, 2.75) is 65.1 Å². The van der Waals surface area contributed by atoms with E-state index in [2.05, 4.69) is 15.6 Å². The number of benzene rings is 1. The second-order valence-corrected chi connectivity index (χ2v) is 8.02. The quantitative estimate of drug-likeness (QED) is 0.311. The summed E-state index contributed by atoms with van der Waals surface area (Å²) in [6.07, 6.45) is 2.17. The van der Waals surface area contributed by atoms with Crippen LogP contribution in [-0.4, -0.2) is 53.0 Å². The maximum atomic E-state index is 13.0. The molecule has 0 bridgehead atoms. The van der Waals surface area contributed by atoms with E-state index in [1.165, 1.54) is 6.92 Å². The summed E-state index contributed by atoms with van der Waals surface area (Å²) in [7, 11) is 0. The van der Waals surface area contributed by atoms with Gasteiger partial charge in [0.15, 0.2) is 5.78 Å². The van der Waals surface area contributed by atoms with Crippen LogP contribution >= 0.6 is 0 Å². The molecule has 0 spiro atoms. The molecule has 2 rings (SSSR count). The number of H-pyrrole nitrogens is 1. The lowest BCUT2D eigenvalue weighted by molar-refractivity contribution is -0.151.